The molecule has 0 saturated heterocycles. The molecule has 100 valence electrons. The van der Waals surface area contributed by atoms with Gasteiger partial charge in [-0.3, -0.25) is 9.40 Å². The molecular formula is C11H12N4O2S2. The Morgan fingerprint density at radius 3 is 2.42 bits per heavy atom. The van der Waals surface area contributed by atoms with Crippen molar-refractivity contribution in [1.82, 2.24) is 9.78 Å². The Morgan fingerprint density at radius 1 is 1.32 bits per heavy atom. The van der Waals surface area contributed by atoms with Gasteiger partial charge in [0.15, 0.2) is 5.03 Å². The molecule has 0 saturated carbocycles. The minimum Gasteiger partial charge on any atom is -0.389 e. The molecule has 0 aliphatic heterocycles. The lowest BCUT2D eigenvalue weighted by Crippen LogP contribution is -2.17. The van der Waals surface area contributed by atoms with Crippen molar-refractivity contribution in [3.05, 3.63) is 42.1 Å². The monoisotopic (exact) mass is 296 g/mol. The molecule has 0 spiro atoms. The van der Waals surface area contributed by atoms with Crippen LogP contribution in [0.1, 0.15) is 5.56 Å². The first-order chi connectivity index (χ1) is 8.90. The lowest BCUT2D eigenvalue weighted by atomic mass is 10.2. The number of thiocarbonyl (C=S) groups is 1. The molecule has 8 heteroatoms. The second-order valence-electron chi connectivity index (χ2n) is 3.84. The largest absolute Gasteiger partial charge is 0.389 e. The fraction of sp³-hybridized carbons (Fsp3) is 0.0909. The first-order valence-electron chi connectivity index (χ1n) is 5.31. The van der Waals surface area contributed by atoms with Gasteiger partial charge < -0.3 is 5.73 Å². The number of nitrogens with two attached hydrogens (primary N) is 1. The summed E-state index contributed by atoms with van der Waals surface area (Å²) in [5, 5.41) is 3.91. The van der Waals surface area contributed by atoms with Gasteiger partial charge in [0.05, 0.1) is 6.20 Å². The van der Waals surface area contributed by atoms with E-state index in [9.17, 15) is 8.42 Å². The van der Waals surface area contributed by atoms with E-state index in [0.717, 1.165) is 0 Å². The fourth-order valence-electron chi connectivity index (χ4n) is 1.54. The van der Waals surface area contributed by atoms with Crippen LogP contribution in [0.5, 0.6) is 0 Å². The van der Waals surface area contributed by atoms with E-state index in [1.807, 2.05) is 0 Å². The molecule has 0 amide bonds. The molecule has 19 heavy (non-hydrogen) atoms. The van der Waals surface area contributed by atoms with Gasteiger partial charge in [-0.15, -0.1) is 0 Å². The van der Waals surface area contributed by atoms with Crippen LogP contribution in [0.3, 0.4) is 0 Å². The second kappa shape index (κ2) is 4.98. The van der Waals surface area contributed by atoms with Gasteiger partial charge in [-0.1, -0.05) is 12.2 Å². The molecule has 0 unspecified atom stereocenters. The van der Waals surface area contributed by atoms with Gasteiger partial charge in [0.1, 0.15) is 4.99 Å². The number of hydrogen-bond donors (Lipinski definition) is 2. The zero-order valence-electron chi connectivity index (χ0n) is 10.1. The van der Waals surface area contributed by atoms with Crippen molar-refractivity contribution in [2.75, 3.05) is 4.72 Å². The molecule has 1 aromatic carbocycles. The Morgan fingerprint density at radius 2 is 1.95 bits per heavy atom. The van der Waals surface area contributed by atoms with Crippen molar-refractivity contribution >= 4 is 32.9 Å². The third kappa shape index (κ3) is 2.91. The Labute approximate surface area is 116 Å². The Balaban J connectivity index is 2.26. The zero-order chi connectivity index (χ0) is 14.0. The van der Waals surface area contributed by atoms with Crippen molar-refractivity contribution in [2.45, 2.75) is 5.03 Å². The number of benzene rings is 1. The van der Waals surface area contributed by atoms with Gasteiger partial charge in [0.2, 0.25) is 0 Å². The lowest BCUT2D eigenvalue weighted by Gasteiger charge is -2.08. The van der Waals surface area contributed by atoms with Crippen molar-refractivity contribution in [1.29, 1.82) is 0 Å². The molecule has 0 fully saturated rings. The Hall–Kier alpha value is -1.93. The van der Waals surface area contributed by atoms with Crippen LogP contribution in [0.25, 0.3) is 0 Å². The number of nitrogens with one attached hydrogen (secondary N) is 1. The predicted octanol–water partition coefficient (Wildman–Crippen LogP) is 0.855. The maximum atomic E-state index is 12.1. The van der Waals surface area contributed by atoms with E-state index in [1.165, 1.54) is 16.9 Å². The maximum absolute atomic E-state index is 12.1. The van der Waals surface area contributed by atoms with Crippen molar-refractivity contribution in [3.8, 4) is 0 Å². The summed E-state index contributed by atoms with van der Waals surface area (Å²) in [6.07, 6.45) is 1.42. The smallest absolute Gasteiger partial charge is 0.279 e. The number of aromatic nitrogens is 2. The van der Waals surface area contributed by atoms with Crippen LogP contribution in [-0.2, 0) is 17.1 Å². The molecule has 0 aliphatic rings. The summed E-state index contributed by atoms with van der Waals surface area (Å²) >= 11 is 4.82. The van der Waals surface area contributed by atoms with E-state index in [4.69, 9.17) is 18.0 Å². The van der Waals surface area contributed by atoms with Crippen molar-refractivity contribution < 1.29 is 8.42 Å². The van der Waals surface area contributed by atoms with E-state index in [2.05, 4.69) is 9.82 Å². The van der Waals surface area contributed by atoms with Gasteiger partial charge >= 0.3 is 0 Å². The minimum absolute atomic E-state index is 0.0888. The highest BCUT2D eigenvalue weighted by Crippen LogP contribution is 2.15. The Kier molecular flexibility index (Phi) is 3.54. The summed E-state index contributed by atoms with van der Waals surface area (Å²) in [5.41, 5.74) is 6.58. The lowest BCUT2D eigenvalue weighted by molar-refractivity contribution is 0.582. The highest BCUT2D eigenvalue weighted by Gasteiger charge is 2.17. The summed E-state index contributed by atoms with van der Waals surface area (Å²) in [5.74, 6) is 0. The summed E-state index contributed by atoms with van der Waals surface area (Å²) in [6.45, 7) is 0. The van der Waals surface area contributed by atoms with E-state index in [1.54, 1.807) is 31.3 Å². The second-order valence-corrected chi connectivity index (χ2v) is 5.91. The van der Waals surface area contributed by atoms with Crippen molar-refractivity contribution in [3.63, 3.8) is 0 Å². The van der Waals surface area contributed by atoms with E-state index in [0.29, 0.717) is 11.3 Å². The highest BCUT2D eigenvalue weighted by molar-refractivity contribution is 7.92. The molecule has 0 aliphatic carbocycles. The van der Waals surface area contributed by atoms with E-state index in [-0.39, 0.29) is 10.0 Å². The number of nitrogens with zero attached hydrogens (tertiary/aromatic N) is 2. The molecule has 6 nitrogen and oxygen atoms in total. The standard InChI is InChI=1S/C11H12N4O2S2/c1-15-10(6-7-13-15)19(16,17)14-9-4-2-8(3-5-9)11(12)18/h2-7,14H,1H3,(H2,12,18). The van der Waals surface area contributed by atoms with Crippen LogP contribution >= 0.6 is 12.2 Å². The van der Waals surface area contributed by atoms with Gasteiger partial charge in [0, 0.05) is 18.3 Å². The normalized spacial score (nSPS) is 11.2. The Bertz CT molecular complexity index is 705. The van der Waals surface area contributed by atoms with Crippen LogP contribution in [0.4, 0.5) is 5.69 Å². The molecule has 2 aromatic rings. The van der Waals surface area contributed by atoms with Crippen LogP contribution in [0.2, 0.25) is 0 Å². The maximum Gasteiger partial charge on any atom is 0.279 e. The first kappa shape index (κ1) is 13.5. The zero-order valence-corrected chi connectivity index (χ0v) is 11.7. The van der Waals surface area contributed by atoms with Crippen LogP contribution in [0.15, 0.2) is 41.6 Å². The number of rotatable bonds is 4. The molecule has 0 atom stereocenters. The van der Waals surface area contributed by atoms with Crippen LogP contribution in [0, 0.1) is 0 Å². The molecule has 2 rings (SSSR count). The van der Waals surface area contributed by atoms with Gasteiger partial charge in [0.25, 0.3) is 10.0 Å². The van der Waals surface area contributed by atoms with Crippen LogP contribution < -0.4 is 10.5 Å². The summed E-state index contributed by atoms with van der Waals surface area (Å²) in [4.78, 5) is 0.265. The summed E-state index contributed by atoms with van der Waals surface area (Å²) in [6, 6.07) is 7.93. The third-order valence-electron chi connectivity index (χ3n) is 2.47. The molecule has 1 aromatic heterocycles. The highest BCUT2D eigenvalue weighted by atomic mass is 32.2. The van der Waals surface area contributed by atoms with E-state index >= 15 is 0 Å². The van der Waals surface area contributed by atoms with E-state index < -0.39 is 10.0 Å². The van der Waals surface area contributed by atoms with Gasteiger partial charge in [-0.2, -0.15) is 13.5 Å². The quantitative estimate of drug-likeness (QED) is 0.817. The number of hydrogen-bond acceptors (Lipinski definition) is 4. The molecule has 1 heterocycles. The molecular weight excluding hydrogens is 284 g/mol. The number of aryl methyl sites for hydroxylation is 1. The topological polar surface area (TPSA) is 90.0 Å². The molecule has 0 radical (unpaired) electrons. The number of sulfonamides is 1. The third-order valence-corrected chi connectivity index (χ3v) is 4.16. The number of anilines is 1. The fourth-order valence-corrected chi connectivity index (χ4v) is 2.86. The van der Waals surface area contributed by atoms with Gasteiger partial charge in [-0.25, -0.2) is 0 Å². The summed E-state index contributed by atoms with van der Waals surface area (Å²) < 4.78 is 27.9. The predicted molar refractivity (Wildman–Crippen MR) is 76.3 cm³/mol. The van der Waals surface area contributed by atoms with Crippen molar-refractivity contribution in [2.24, 2.45) is 12.8 Å². The van der Waals surface area contributed by atoms with Gasteiger partial charge in [-0.05, 0) is 30.3 Å². The molecule has 3 N–H and O–H groups in total. The first-order valence-corrected chi connectivity index (χ1v) is 7.20. The average Bonchev–Trinajstić information content (AvgIpc) is 2.76. The molecule has 0 bridgehead atoms. The average molecular weight is 296 g/mol. The van der Waals surface area contributed by atoms with Crippen LogP contribution in [-0.4, -0.2) is 23.2 Å². The SMILES string of the molecule is Cn1nccc1S(=O)(=O)Nc1ccc(C(N)=S)cc1. The minimum atomic E-state index is -3.65. The summed E-state index contributed by atoms with van der Waals surface area (Å²) in [7, 11) is -2.09.